The summed E-state index contributed by atoms with van der Waals surface area (Å²) < 4.78 is 5.50. The fourth-order valence-corrected chi connectivity index (χ4v) is 3.37. The first-order chi connectivity index (χ1) is 10.6. The molecule has 1 aliphatic rings. The van der Waals surface area contributed by atoms with Crippen molar-refractivity contribution in [3.05, 3.63) is 29.0 Å². The number of rotatable bonds is 3. The average molecular weight is 320 g/mol. The van der Waals surface area contributed by atoms with Crippen molar-refractivity contribution in [2.75, 3.05) is 6.54 Å². The SMILES string of the molecule is Cc1ccc(-c2nc(C(=O)N3CCCCC3C(=O)O)cs2)o1. The Kier molecular flexibility index (Phi) is 3.98. The van der Waals surface area contributed by atoms with Crippen LogP contribution in [0.1, 0.15) is 35.5 Å². The summed E-state index contributed by atoms with van der Waals surface area (Å²) in [4.78, 5) is 29.6. The number of aryl methyl sites for hydroxylation is 1. The van der Waals surface area contributed by atoms with E-state index < -0.39 is 12.0 Å². The normalized spacial score (nSPS) is 18.4. The first kappa shape index (κ1) is 14.8. The van der Waals surface area contributed by atoms with Gasteiger partial charge in [0, 0.05) is 11.9 Å². The van der Waals surface area contributed by atoms with Crippen molar-refractivity contribution in [1.29, 1.82) is 0 Å². The van der Waals surface area contributed by atoms with E-state index in [1.54, 1.807) is 5.38 Å². The molecule has 3 heterocycles. The lowest BCUT2D eigenvalue weighted by atomic mass is 10.0. The van der Waals surface area contributed by atoms with Crippen LogP contribution in [0.3, 0.4) is 0 Å². The number of carboxylic acid groups (broad SMARTS) is 1. The number of furan rings is 1. The summed E-state index contributed by atoms with van der Waals surface area (Å²) in [7, 11) is 0. The summed E-state index contributed by atoms with van der Waals surface area (Å²) in [6.07, 6.45) is 2.15. The number of aliphatic carboxylic acids is 1. The van der Waals surface area contributed by atoms with E-state index in [4.69, 9.17) is 4.42 Å². The van der Waals surface area contributed by atoms with E-state index in [1.165, 1.54) is 16.2 Å². The Bertz CT molecular complexity index is 706. The maximum absolute atomic E-state index is 12.5. The quantitative estimate of drug-likeness (QED) is 0.940. The molecule has 3 rings (SSSR count). The molecule has 0 saturated carbocycles. The lowest BCUT2D eigenvalue weighted by molar-refractivity contribution is -0.143. The molecule has 22 heavy (non-hydrogen) atoms. The zero-order valence-electron chi connectivity index (χ0n) is 12.1. The van der Waals surface area contributed by atoms with Crippen molar-refractivity contribution in [3.63, 3.8) is 0 Å². The lowest BCUT2D eigenvalue weighted by Gasteiger charge is -2.32. The minimum absolute atomic E-state index is 0.280. The molecule has 0 aliphatic carbocycles. The summed E-state index contributed by atoms with van der Waals surface area (Å²) in [5.41, 5.74) is 0.280. The molecule has 0 radical (unpaired) electrons. The predicted octanol–water partition coefficient (Wildman–Crippen LogP) is 2.79. The van der Waals surface area contributed by atoms with E-state index in [0.29, 0.717) is 23.7 Å². The monoisotopic (exact) mass is 320 g/mol. The first-order valence-corrected chi connectivity index (χ1v) is 8.00. The summed E-state index contributed by atoms with van der Waals surface area (Å²) >= 11 is 1.32. The van der Waals surface area contributed by atoms with Crippen molar-refractivity contribution in [2.45, 2.75) is 32.2 Å². The van der Waals surface area contributed by atoms with E-state index in [-0.39, 0.29) is 11.6 Å². The number of carboxylic acids is 1. The van der Waals surface area contributed by atoms with Crippen molar-refractivity contribution >= 4 is 23.2 Å². The molecule has 1 atom stereocenters. The fraction of sp³-hybridized carbons (Fsp3) is 0.400. The van der Waals surface area contributed by atoms with E-state index in [2.05, 4.69) is 4.98 Å². The number of hydrogen-bond acceptors (Lipinski definition) is 5. The number of carbonyl (C=O) groups is 2. The van der Waals surface area contributed by atoms with Gasteiger partial charge >= 0.3 is 5.97 Å². The third kappa shape index (κ3) is 2.76. The van der Waals surface area contributed by atoms with Crippen LogP contribution in [0.2, 0.25) is 0 Å². The van der Waals surface area contributed by atoms with Crippen LogP contribution in [0.4, 0.5) is 0 Å². The van der Waals surface area contributed by atoms with Gasteiger partial charge in [-0.1, -0.05) is 0 Å². The Morgan fingerprint density at radius 3 is 2.91 bits per heavy atom. The molecule has 7 heteroatoms. The van der Waals surface area contributed by atoms with Crippen LogP contribution in [0.5, 0.6) is 0 Å². The number of thiazole rings is 1. The molecule has 1 amide bonds. The maximum atomic E-state index is 12.5. The Labute approximate surface area is 131 Å². The molecular weight excluding hydrogens is 304 g/mol. The van der Waals surface area contributed by atoms with Crippen LogP contribution in [0.25, 0.3) is 10.8 Å². The van der Waals surface area contributed by atoms with E-state index in [1.807, 2.05) is 19.1 Å². The topological polar surface area (TPSA) is 83.6 Å². The van der Waals surface area contributed by atoms with Crippen LogP contribution in [0.15, 0.2) is 21.9 Å². The highest BCUT2D eigenvalue weighted by Gasteiger charge is 2.33. The molecule has 6 nitrogen and oxygen atoms in total. The second-order valence-corrected chi connectivity index (χ2v) is 6.15. The highest BCUT2D eigenvalue weighted by atomic mass is 32.1. The minimum atomic E-state index is -0.954. The van der Waals surface area contributed by atoms with Gasteiger partial charge in [-0.3, -0.25) is 4.79 Å². The summed E-state index contributed by atoms with van der Waals surface area (Å²) in [5.74, 6) is 0.123. The van der Waals surface area contributed by atoms with Crippen LogP contribution >= 0.6 is 11.3 Å². The van der Waals surface area contributed by atoms with Crippen LogP contribution in [0, 0.1) is 6.92 Å². The first-order valence-electron chi connectivity index (χ1n) is 7.12. The third-order valence-electron chi connectivity index (χ3n) is 3.72. The number of carbonyl (C=O) groups excluding carboxylic acids is 1. The van der Waals surface area contributed by atoms with Gasteiger partial charge in [0.15, 0.2) is 10.8 Å². The van der Waals surface area contributed by atoms with E-state index in [0.717, 1.165) is 18.6 Å². The van der Waals surface area contributed by atoms with Crippen LogP contribution in [-0.2, 0) is 4.79 Å². The fourth-order valence-electron chi connectivity index (χ4n) is 2.61. The number of likely N-dealkylation sites (tertiary alicyclic amines) is 1. The smallest absolute Gasteiger partial charge is 0.326 e. The van der Waals surface area contributed by atoms with Gasteiger partial charge < -0.3 is 14.4 Å². The molecule has 2 aromatic heterocycles. The number of nitrogens with zero attached hydrogens (tertiary/aromatic N) is 2. The largest absolute Gasteiger partial charge is 0.480 e. The van der Waals surface area contributed by atoms with Crippen molar-refractivity contribution in [3.8, 4) is 10.8 Å². The molecule has 1 unspecified atom stereocenters. The summed E-state index contributed by atoms with van der Waals surface area (Å²) in [6, 6.07) is 2.89. The van der Waals surface area contributed by atoms with E-state index in [9.17, 15) is 14.7 Å². The molecule has 1 saturated heterocycles. The minimum Gasteiger partial charge on any atom is -0.480 e. The molecule has 1 fully saturated rings. The third-order valence-corrected chi connectivity index (χ3v) is 4.58. The zero-order chi connectivity index (χ0) is 15.7. The molecule has 0 aromatic carbocycles. The number of piperidine rings is 1. The highest BCUT2D eigenvalue weighted by molar-refractivity contribution is 7.13. The average Bonchev–Trinajstić information content (AvgIpc) is 3.15. The standard InChI is InChI=1S/C15H16N2O4S/c1-9-5-6-12(21-9)13-16-10(8-22-13)14(18)17-7-3-2-4-11(17)15(19)20/h5-6,8,11H,2-4,7H2,1H3,(H,19,20). The summed E-state index contributed by atoms with van der Waals surface area (Å²) in [5, 5.41) is 11.5. The number of amides is 1. The number of hydrogen-bond donors (Lipinski definition) is 1. The van der Waals surface area contributed by atoms with Gasteiger partial charge in [0.05, 0.1) is 0 Å². The highest BCUT2D eigenvalue weighted by Crippen LogP contribution is 2.27. The van der Waals surface area contributed by atoms with Crippen LogP contribution in [-0.4, -0.2) is 39.5 Å². The van der Waals surface area contributed by atoms with Crippen LogP contribution < -0.4 is 0 Å². The molecule has 0 bridgehead atoms. The van der Waals surface area contributed by atoms with Gasteiger partial charge in [0.1, 0.15) is 17.5 Å². The van der Waals surface area contributed by atoms with Gasteiger partial charge in [-0.15, -0.1) is 11.3 Å². The molecule has 0 spiro atoms. The molecule has 1 aliphatic heterocycles. The van der Waals surface area contributed by atoms with Crippen molar-refractivity contribution < 1.29 is 19.1 Å². The second-order valence-electron chi connectivity index (χ2n) is 5.30. The lowest BCUT2D eigenvalue weighted by Crippen LogP contribution is -2.48. The number of aromatic nitrogens is 1. The van der Waals surface area contributed by atoms with E-state index >= 15 is 0 Å². The Morgan fingerprint density at radius 1 is 1.41 bits per heavy atom. The van der Waals surface area contributed by atoms with Crippen molar-refractivity contribution in [1.82, 2.24) is 9.88 Å². The molecular formula is C15H16N2O4S. The Morgan fingerprint density at radius 2 is 2.23 bits per heavy atom. The second kappa shape index (κ2) is 5.92. The molecule has 116 valence electrons. The Balaban J connectivity index is 1.83. The Hall–Kier alpha value is -2.15. The van der Waals surface area contributed by atoms with Crippen molar-refractivity contribution in [2.24, 2.45) is 0 Å². The maximum Gasteiger partial charge on any atom is 0.326 e. The van der Waals surface area contributed by atoms with Gasteiger partial charge in [-0.05, 0) is 38.3 Å². The van der Waals surface area contributed by atoms with Gasteiger partial charge in [0.2, 0.25) is 0 Å². The van der Waals surface area contributed by atoms with Gasteiger partial charge in [-0.25, -0.2) is 9.78 Å². The van der Waals surface area contributed by atoms with Gasteiger partial charge in [0.25, 0.3) is 5.91 Å². The predicted molar refractivity (Wildman–Crippen MR) is 80.9 cm³/mol. The summed E-state index contributed by atoms with van der Waals surface area (Å²) in [6.45, 7) is 2.30. The molecule has 2 aromatic rings. The zero-order valence-corrected chi connectivity index (χ0v) is 12.9. The molecule has 1 N–H and O–H groups in total. The van der Waals surface area contributed by atoms with Gasteiger partial charge in [-0.2, -0.15) is 0 Å².